The quantitative estimate of drug-likeness (QED) is 0.793. The van der Waals surface area contributed by atoms with Crippen LogP contribution in [-0.2, 0) is 22.6 Å². The molecule has 0 amide bonds. The second kappa shape index (κ2) is 7.91. The van der Waals surface area contributed by atoms with Crippen molar-refractivity contribution < 1.29 is 9.47 Å². The molecule has 0 aromatic carbocycles. The highest BCUT2D eigenvalue weighted by atomic mass is 32.1. The molecule has 2 saturated heterocycles. The number of piperidine rings is 1. The summed E-state index contributed by atoms with van der Waals surface area (Å²) in [6.45, 7) is 5.35. The summed E-state index contributed by atoms with van der Waals surface area (Å²) in [4.78, 5) is 11.0. The smallest absolute Gasteiger partial charge is 0.107 e. The van der Waals surface area contributed by atoms with E-state index in [1.54, 1.807) is 11.3 Å². The monoisotopic (exact) mass is 359 g/mol. The van der Waals surface area contributed by atoms with Gasteiger partial charge < -0.3 is 9.47 Å². The van der Waals surface area contributed by atoms with Crippen molar-refractivity contribution in [2.75, 3.05) is 26.3 Å². The van der Waals surface area contributed by atoms with E-state index in [4.69, 9.17) is 9.47 Å². The first-order valence-corrected chi connectivity index (χ1v) is 9.91. The first-order chi connectivity index (χ1) is 12.3. The molecule has 4 heterocycles. The van der Waals surface area contributed by atoms with E-state index < -0.39 is 0 Å². The summed E-state index contributed by atoms with van der Waals surface area (Å²) in [6.07, 6.45) is 9.25. The van der Waals surface area contributed by atoms with Crippen molar-refractivity contribution in [3.05, 3.63) is 46.7 Å². The summed E-state index contributed by atoms with van der Waals surface area (Å²) in [7, 11) is 0. The van der Waals surface area contributed by atoms with Crippen LogP contribution in [0.4, 0.5) is 0 Å². The zero-order valence-electron chi connectivity index (χ0n) is 14.5. The molecule has 0 radical (unpaired) electrons. The van der Waals surface area contributed by atoms with Crippen LogP contribution < -0.4 is 0 Å². The molecular formula is C19H25N3O2S. The molecule has 0 spiro atoms. The van der Waals surface area contributed by atoms with E-state index in [9.17, 15) is 0 Å². The zero-order valence-corrected chi connectivity index (χ0v) is 15.3. The Morgan fingerprint density at radius 3 is 3.08 bits per heavy atom. The molecular weight excluding hydrogens is 334 g/mol. The molecule has 2 aromatic heterocycles. The lowest BCUT2D eigenvalue weighted by atomic mass is 9.73. The molecule has 134 valence electrons. The molecule has 6 heteroatoms. The average Bonchev–Trinajstić information content (AvgIpc) is 3.15. The Labute approximate surface area is 153 Å². The van der Waals surface area contributed by atoms with Crippen LogP contribution in [0.3, 0.4) is 0 Å². The van der Waals surface area contributed by atoms with Crippen LogP contribution in [0.1, 0.15) is 29.8 Å². The minimum atomic E-state index is 0.112. The van der Waals surface area contributed by atoms with Crippen molar-refractivity contribution in [3.63, 3.8) is 0 Å². The average molecular weight is 359 g/mol. The van der Waals surface area contributed by atoms with Gasteiger partial charge in [-0.05, 0) is 37.0 Å². The summed E-state index contributed by atoms with van der Waals surface area (Å²) >= 11 is 1.74. The van der Waals surface area contributed by atoms with Gasteiger partial charge in [-0.2, -0.15) is 0 Å². The fourth-order valence-electron chi connectivity index (χ4n) is 4.10. The molecule has 2 aromatic rings. The topological polar surface area (TPSA) is 47.5 Å². The fraction of sp³-hybridized carbons (Fsp3) is 0.579. The molecule has 2 unspecified atom stereocenters. The number of hydrogen-bond acceptors (Lipinski definition) is 6. The van der Waals surface area contributed by atoms with Crippen molar-refractivity contribution in [2.24, 2.45) is 5.41 Å². The Kier molecular flexibility index (Phi) is 5.41. The number of aromatic nitrogens is 2. The molecule has 5 nitrogen and oxygen atoms in total. The van der Waals surface area contributed by atoms with Gasteiger partial charge in [-0.15, -0.1) is 11.3 Å². The molecule has 4 rings (SSSR count). The molecule has 2 aliphatic rings. The number of nitrogens with zero attached hydrogens (tertiary/aromatic N) is 3. The zero-order chi connectivity index (χ0) is 17.0. The first-order valence-electron chi connectivity index (χ1n) is 9.03. The van der Waals surface area contributed by atoms with Crippen LogP contribution in [0.5, 0.6) is 0 Å². The normalized spacial score (nSPS) is 27.1. The van der Waals surface area contributed by atoms with Gasteiger partial charge in [-0.3, -0.25) is 9.88 Å². The first kappa shape index (κ1) is 17.1. The van der Waals surface area contributed by atoms with Gasteiger partial charge >= 0.3 is 0 Å². The van der Waals surface area contributed by atoms with E-state index in [-0.39, 0.29) is 5.41 Å². The van der Waals surface area contributed by atoms with Gasteiger partial charge in [0, 0.05) is 49.1 Å². The number of hydrogen-bond donors (Lipinski definition) is 0. The van der Waals surface area contributed by atoms with Crippen LogP contribution >= 0.6 is 11.3 Å². The third-order valence-corrected chi connectivity index (χ3v) is 6.08. The maximum absolute atomic E-state index is 6.16. The summed E-state index contributed by atoms with van der Waals surface area (Å²) in [5.74, 6) is 0. The largest absolute Gasteiger partial charge is 0.377 e. The fourth-order valence-corrected chi connectivity index (χ4v) is 4.76. The standard InChI is InChI=1S/C19H25N3O2S/c1-5-19(15-23-13-16-2-6-20-7-3-16)14-22(9-4-17(19)24-10-1)12-18-21-8-11-25-18/h2-3,6-8,11,17H,1,4-5,9-10,12-15H2. The van der Waals surface area contributed by atoms with E-state index in [2.05, 4.69) is 20.2 Å². The maximum atomic E-state index is 6.16. The third-order valence-electron chi connectivity index (χ3n) is 5.32. The van der Waals surface area contributed by atoms with Gasteiger partial charge in [-0.1, -0.05) is 0 Å². The van der Waals surface area contributed by atoms with Gasteiger partial charge in [-0.25, -0.2) is 4.98 Å². The van der Waals surface area contributed by atoms with Crippen LogP contribution in [0, 0.1) is 5.41 Å². The minimum Gasteiger partial charge on any atom is -0.377 e. The predicted octanol–water partition coefficient (Wildman–Crippen LogP) is 3.13. The van der Waals surface area contributed by atoms with Gasteiger partial charge in [0.05, 0.1) is 25.9 Å². The van der Waals surface area contributed by atoms with E-state index >= 15 is 0 Å². The van der Waals surface area contributed by atoms with E-state index in [0.717, 1.165) is 45.7 Å². The van der Waals surface area contributed by atoms with Crippen LogP contribution in [0.15, 0.2) is 36.1 Å². The van der Waals surface area contributed by atoms with Crippen molar-refractivity contribution in [3.8, 4) is 0 Å². The summed E-state index contributed by atoms with van der Waals surface area (Å²) in [5.41, 5.74) is 1.29. The van der Waals surface area contributed by atoms with Crippen LogP contribution in [-0.4, -0.2) is 47.3 Å². The lowest BCUT2D eigenvalue weighted by Gasteiger charge is -2.50. The number of ether oxygens (including phenoxy) is 2. The van der Waals surface area contributed by atoms with Crippen molar-refractivity contribution >= 4 is 11.3 Å². The van der Waals surface area contributed by atoms with Gasteiger partial charge in [0.15, 0.2) is 0 Å². The molecule has 25 heavy (non-hydrogen) atoms. The highest BCUT2D eigenvalue weighted by Gasteiger charge is 2.46. The Morgan fingerprint density at radius 2 is 2.24 bits per heavy atom. The van der Waals surface area contributed by atoms with E-state index in [1.165, 1.54) is 17.0 Å². The summed E-state index contributed by atoms with van der Waals surface area (Å²) in [6, 6.07) is 4.03. The van der Waals surface area contributed by atoms with Crippen LogP contribution in [0.25, 0.3) is 0 Å². The van der Waals surface area contributed by atoms with Crippen molar-refractivity contribution in [2.45, 2.75) is 38.5 Å². The van der Waals surface area contributed by atoms with Crippen LogP contribution in [0.2, 0.25) is 0 Å². The minimum absolute atomic E-state index is 0.112. The molecule has 0 N–H and O–H groups in total. The Bertz CT molecular complexity index is 652. The van der Waals surface area contributed by atoms with Crippen molar-refractivity contribution in [1.82, 2.24) is 14.9 Å². The van der Waals surface area contributed by atoms with E-state index in [1.807, 2.05) is 30.7 Å². The maximum Gasteiger partial charge on any atom is 0.107 e. The lowest BCUT2D eigenvalue weighted by Crippen LogP contribution is -2.56. The Morgan fingerprint density at radius 1 is 1.32 bits per heavy atom. The van der Waals surface area contributed by atoms with Gasteiger partial charge in [0.1, 0.15) is 5.01 Å². The highest BCUT2D eigenvalue weighted by Crippen LogP contribution is 2.41. The van der Waals surface area contributed by atoms with Gasteiger partial charge in [0.25, 0.3) is 0 Å². The summed E-state index contributed by atoms with van der Waals surface area (Å²) < 4.78 is 12.3. The summed E-state index contributed by atoms with van der Waals surface area (Å²) in [5, 5.41) is 3.25. The molecule has 0 saturated carbocycles. The number of pyridine rings is 1. The highest BCUT2D eigenvalue weighted by molar-refractivity contribution is 7.09. The molecule has 2 aliphatic heterocycles. The van der Waals surface area contributed by atoms with Crippen molar-refractivity contribution in [1.29, 1.82) is 0 Å². The molecule has 0 bridgehead atoms. The second-order valence-corrected chi connectivity index (χ2v) is 8.08. The van der Waals surface area contributed by atoms with Gasteiger partial charge in [0.2, 0.25) is 0 Å². The Balaban J connectivity index is 1.40. The Hall–Kier alpha value is -1.34. The predicted molar refractivity (Wildman–Crippen MR) is 97.3 cm³/mol. The number of thiazole rings is 1. The van der Waals surface area contributed by atoms with E-state index in [0.29, 0.717) is 12.7 Å². The lowest BCUT2D eigenvalue weighted by molar-refractivity contribution is -0.155. The number of fused-ring (bicyclic) bond motifs is 1. The number of likely N-dealkylation sites (tertiary alicyclic amines) is 1. The molecule has 2 fully saturated rings. The number of rotatable bonds is 6. The SMILES string of the molecule is c1cc(COCC23CCCOC2CCN(Cc2nccs2)C3)ccn1. The second-order valence-electron chi connectivity index (χ2n) is 7.10. The third kappa shape index (κ3) is 4.08. The molecule has 0 aliphatic carbocycles. The molecule has 2 atom stereocenters.